The van der Waals surface area contributed by atoms with Crippen LogP contribution in [0.5, 0.6) is 0 Å². The Balaban J connectivity index is 1.78. The van der Waals surface area contributed by atoms with Gasteiger partial charge >= 0.3 is 0 Å². The van der Waals surface area contributed by atoms with Gasteiger partial charge in [0.15, 0.2) is 0 Å². The van der Waals surface area contributed by atoms with E-state index in [-0.39, 0.29) is 11.9 Å². The van der Waals surface area contributed by atoms with Crippen molar-refractivity contribution in [3.8, 4) is 0 Å². The normalized spacial score (nSPS) is 12.0. The van der Waals surface area contributed by atoms with Crippen molar-refractivity contribution in [2.75, 3.05) is 5.75 Å². The zero-order valence-corrected chi connectivity index (χ0v) is 14.4. The maximum Gasteiger partial charge on any atom is 0.230 e. The van der Waals surface area contributed by atoms with E-state index < -0.39 is 0 Å². The van der Waals surface area contributed by atoms with E-state index in [0.29, 0.717) is 10.8 Å². The molecule has 2 aromatic carbocycles. The quantitative estimate of drug-likeness (QED) is 0.825. The van der Waals surface area contributed by atoms with Gasteiger partial charge in [0.1, 0.15) is 0 Å². The molecule has 2 nitrogen and oxygen atoms in total. The molecule has 2 aromatic rings. The highest BCUT2D eigenvalue weighted by atomic mass is 35.5. The number of nitrogens with one attached hydrogen (secondary N) is 1. The first-order valence-electron chi connectivity index (χ1n) is 7.23. The first-order valence-corrected chi connectivity index (χ1v) is 8.76. The fourth-order valence-electron chi connectivity index (χ4n) is 2.13. The van der Waals surface area contributed by atoms with Gasteiger partial charge in [0.2, 0.25) is 5.91 Å². The van der Waals surface area contributed by atoms with Gasteiger partial charge in [0.25, 0.3) is 0 Å². The summed E-state index contributed by atoms with van der Waals surface area (Å²) in [6, 6.07) is 15.9. The van der Waals surface area contributed by atoms with Crippen molar-refractivity contribution < 1.29 is 4.79 Å². The van der Waals surface area contributed by atoms with Gasteiger partial charge < -0.3 is 5.32 Å². The van der Waals surface area contributed by atoms with Crippen molar-refractivity contribution >= 4 is 29.3 Å². The monoisotopic (exact) mass is 333 g/mol. The molecule has 0 aromatic heterocycles. The molecule has 0 aliphatic rings. The van der Waals surface area contributed by atoms with Gasteiger partial charge in [-0.05, 0) is 31.0 Å². The molecule has 0 bridgehead atoms. The maximum atomic E-state index is 12.0. The lowest BCUT2D eigenvalue weighted by Crippen LogP contribution is -2.28. The number of aryl methyl sites for hydroxylation is 1. The molecule has 4 heteroatoms. The number of hydrogen-bond acceptors (Lipinski definition) is 2. The van der Waals surface area contributed by atoms with E-state index in [2.05, 4.69) is 36.5 Å². The second-order valence-corrected chi connectivity index (χ2v) is 6.68. The number of carbonyl (C=O) groups excluding carboxylic acids is 1. The largest absolute Gasteiger partial charge is 0.349 e. The van der Waals surface area contributed by atoms with Crippen molar-refractivity contribution in [1.82, 2.24) is 5.32 Å². The summed E-state index contributed by atoms with van der Waals surface area (Å²) in [5.41, 5.74) is 3.43. The fourth-order valence-corrected chi connectivity index (χ4v) is 3.23. The molecular formula is C18H20ClNOS. The molecule has 2 rings (SSSR count). The Morgan fingerprint density at radius 1 is 1.18 bits per heavy atom. The lowest BCUT2D eigenvalue weighted by molar-refractivity contribution is -0.119. The molecule has 0 aliphatic carbocycles. The molecule has 0 radical (unpaired) electrons. The molecule has 0 heterocycles. The molecule has 0 fully saturated rings. The summed E-state index contributed by atoms with van der Waals surface area (Å²) >= 11 is 7.76. The highest BCUT2D eigenvalue weighted by molar-refractivity contribution is 7.99. The lowest BCUT2D eigenvalue weighted by atomic mass is 10.1. The van der Waals surface area contributed by atoms with Crippen LogP contribution in [0, 0.1) is 6.92 Å². The van der Waals surface area contributed by atoms with Crippen molar-refractivity contribution in [3.63, 3.8) is 0 Å². The van der Waals surface area contributed by atoms with Crippen LogP contribution in [0.1, 0.15) is 29.7 Å². The number of carbonyl (C=O) groups is 1. The summed E-state index contributed by atoms with van der Waals surface area (Å²) in [5, 5.41) is 3.67. The Morgan fingerprint density at radius 2 is 1.86 bits per heavy atom. The van der Waals surface area contributed by atoms with E-state index in [0.717, 1.165) is 11.3 Å². The third-order valence-corrected chi connectivity index (χ3v) is 4.72. The topological polar surface area (TPSA) is 29.1 Å². The summed E-state index contributed by atoms with van der Waals surface area (Å²) in [4.78, 5) is 12.0. The van der Waals surface area contributed by atoms with Crippen LogP contribution in [-0.4, -0.2) is 11.7 Å². The van der Waals surface area contributed by atoms with Gasteiger partial charge in [-0.2, -0.15) is 0 Å². The van der Waals surface area contributed by atoms with Crippen LogP contribution >= 0.6 is 23.4 Å². The standard InChI is InChI=1S/C18H20ClNOS/c1-13-7-9-15(10-8-13)11-22-12-18(21)20-14(2)16-5-3-4-6-17(16)19/h3-10,14H,11-12H2,1-2H3,(H,20,21). The zero-order valence-electron chi connectivity index (χ0n) is 12.8. The number of hydrogen-bond donors (Lipinski definition) is 1. The molecule has 0 saturated carbocycles. The summed E-state index contributed by atoms with van der Waals surface area (Å²) < 4.78 is 0. The van der Waals surface area contributed by atoms with Gasteiger partial charge in [-0.1, -0.05) is 59.6 Å². The number of thioether (sulfide) groups is 1. The van der Waals surface area contributed by atoms with Crippen molar-refractivity contribution in [1.29, 1.82) is 0 Å². The third-order valence-electron chi connectivity index (χ3n) is 3.37. The van der Waals surface area contributed by atoms with Gasteiger partial charge in [-0.25, -0.2) is 0 Å². The lowest BCUT2D eigenvalue weighted by Gasteiger charge is -2.15. The molecule has 0 spiro atoms. The minimum Gasteiger partial charge on any atom is -0.349 e. The Bertz CT molecular complexity index is 627. The highest BCUT2D eigenvalue weighted by Gasteiger charge is 2.12. The number of benzene rings is 2. The van der Waals surface area contributed by atoms with E-state index in [4.69, 9.17) is 11.6 Å². The summed E-state index contributed by atoms with van der Waals surface area (Å²) in [7, 11) is 0. The minimum absolute atomic E-state index is 0.0320. The highest BCUT2D eigenvalue weighted by Crippen LogP contribution is 2.22. The second-order valence-electron chi connectivity index (χ2n) is 5.29. The average Bonchev–Trinajstić information content (AvgIpc) is 2.49. The molecule has 0 saturated heterocycles. The van der Waals surface area contributed by atoms with Gasteiger partial charge in [-0.3, -0.25) is 4.79 Å². The summed E-state index contributed by atoms with van der Waals surface area (Å²) in [6.07, 6.45) is 0. The SMILES string of the molecule is Cc1ccc(CSCC(=O)NC(C)c2ccccc2Cl)cc1. The molecule has 116 valence electrons. The molecule has 1 amide bonds. The van der Waals surface area contributed by atoms with E-state index in [1.165, 1.54) is 11.1 Å². The average molecular weight is 334 g/mol. The van der Waals surface area contributed by atoms with Crippen LogP contribution < -0.4 is 5.32 Å². The summed E-state index contributed by atoms with van der Waals surface area (Å²) in [6.45, 7) is 4.02. The first kappa shape index (κ1) is 16.9. The van der Waals surface area contributed by atoms with E-state index in [1.54, 1.807) is 11.8 Å². The van der Waals surface area contributed by atoms with E-state index >= 15 is 0 Å². The number of amides is 1. The fraction of sp³-hybridized carbons (Fsp3) is 0.278. The van der Waals surface area contributed by atoms with Crippen molar-refractivity contribution in [3.05, 3.63) is 70.2 Å². The van der Waals surface area contributed by atoms with Crippen LogP contribution in [0.2, 0.25) is 5.02 Å². The maximum absolute atomic E-state index is 12.0. The number of rotatable bonds is 6. The van der Waals surface area contributed by atoms with Crippen molar-refractivity contribution in [2.45, 2.75) is 25.6 Å². The molecule has 1 N–H and O–H groups in total. The van der Waals surface area contributed by atoms with Crippen LogP contribution in [0.3, 0.4) is 0 Å². The molecule has 1 atom stereocenters. The molecule has 1 unspecified atom stereocenters. The van der Waals surface area contributed by atoms with Gasteiger partial charge in [-0.15, -0.1) is 11.8 Å². The van der Waals surface area contributed by atoms with Crippen LogP contribution in [0.25, 0.3) is 0 Å². The van der Waals surface area contributed by atoms with Crippen LogP contribution in [0.15, 0.2) is 48.5 Å². The van der Waals surface area contributed by atoms with E-state index in [9.17, 15) is 4.79 Å². The van der Waals surface area contributed by atoms with Crippen LogP contribution in [-0.2, 0) is 10.5 Å². The third kappa shape index (κ3) is 5.08. The second kappa shape index (κ2) is 8.25. The smallest absolute Gasteiger partial charge is 0.230 e. The Morgan fingerprint density at radius 3 is 2.55 bits per heavy atom. The Hall–Kier alpha value is -1.45. The van der Waals surface area contributed by atoms with Gasteiger partial charge in [0, 0.05) is 10.8 Å². The predicted octanol–water partition coefficient (Wildman–Crippen LogP) is 4.76. The molecule has 0 aliphatic heterocycles. The van der Waals surface area contributed by atoms with Crippen molar-refractivity contribution in [2.24, 2.45) is 0 Å². The minimum atomic E-state index is -0.0822. The predicted molar refractivity (Wildman–Crippen MR) is 95.4 cm³/mol. The van der Waals surface area contributed by atoms with E-state index in [1.807, 2.05) is 31.2 Å². The van der Waals surface area contributed by atoms with Gasteiger partial charge in [0.05, 0.1) is 11.8 Å². The number of halogens is 1. The molecular weight excluding hydrogens is 314 g/mol. The Labute approximate surface area is 141 Å². The summed E-state index contributed by atoms with van der Waals surface area (Å²) in [5.74, 6) is 1.32. The molecule has 22 heavy (non-hydrogen) atoms. The Kier molecular flexibility index (Phi) is 6.34. The zero-order chi connectivity index (χ0) is 15.9. The first-order chi connectivity index (χ1) is 10.6. The van der Waals surface area contributed by atoms with Crippen LogP contribution in [0.4, 0.5) is 0 Å².